The summed E-state index contributed by atoms with van der Waals surface area (Å²) in [6.07, 6.45) is 0. The molecule has 2 atom stereocenters. The number of benzene rings is 3. The molecule has 0 spiro atoms. The Kier molecular flexibility index (Phi) is 5.04. The normalized spacial score (nSPS) is 21.0. The fraction of sp³-hybridized carbons (Fsp3) is 0.226. The van der Waals surface area contributed by atoms with E-state index >= 15 is 0 Å². The van der Waals surface area contributed by atoms with Gasteiger partial charge in [-0.3, -0.25) is 4.79 Å². The maximum atomic E-state index is 13.4. The molecule has 0 radical (unpaired) electrons. The molecule has 3 heterocycles. The summed E-state index contributed by atoms with van der Waals surface area (Å²) in [5.74, 6) is 0.0725. The first-order valence-corrected chi connectivity index (χ1v) is 12.4. The van der Waals surface area contributed by atoms with E-state index in [2.05, 4.69) is 36.3 Å². The number of carbonyl (C=O) groups excluding carboxylic acids is 1. The van der Waals surface area contributed by atoms with Crippen molar-refractivity contribution in [1.29, 1.82) is 0 Å². The Bertz CT molecular complexity index is 1570. The van der Waals surface area contributed by atoms with Gasteiger partial charge in [-0.25, -0.2) is 9.37 Å². The maximum Gasteiger partial charge on any atom is 0.251 e. The molecular formula is C31H28FN3O2. The standard InChI is InChI=1S/C31H28FN3O2/c1-17-13-28(33)35-18(2)23(17)16-34-29(36)21-8-12-25-27(15-21)31(4)24-11-7-20(14-26(24)30(25,3)37-31)19-5-9-22(32)10-6-19/h5-15H,16H2,1-4H3,(H2,33,35)(H,34,36). The Balaban J connectivity index is 1.31. The molecule has 6 heteroatoms. The van der Waals surface area contributed by atoms with Crippen molar-refractivity contribution in [2.24, 2.45) is 0 Å². The molecule has 0 fully saturated rings. The van der Waals surface area contributed by atoms with Crippen molar-refractivity contribution in [2.45, 2.75) is 45.4 Å². The molecule has 37 heavy (non-hydrogen) atoms. The highest BCUT2D eigenvalue weighted by Gasteiger charge is 2.58. The van der Waals surface area contributed by atoms with Crippen LogP contribution in [0.1, 0.15) is 63.3 Å². The molecule has 1 aromatic heterocycles. The summed E-state index contributed by atoms with van der Waals surface area (Å²) in [6, 6.07) is 20.4. The lowest BCUT2D eigenvalue weighted by Crippen LogP contribution is -2.26. The van der Waals surface area contributed by atoms with Crippen LogP contribution < -0.4 is 11.1 Å². The zero-order valence-corrected chi connectivity index (χ0v) is 21.3. The second kappa shape index (κ2) is 7.98. The number of ether oxygens (including phenoxy) is 1. The number of amides is 1. The number of nitrogens with zero attached hydrogens (tertiary/aromatic N) is 1. The predicted octanol–water partition coefficient (Wildman–Crippen LogP) is 5.89. The lowest BCUT2D eigenvalue weighted by atomic mass is 9.72. The molecule has 0 saturated heterocycles. The minimum absolute atomic E-state index is 0.151. The van der Waals surface area contributed by atoms with Gasteiger partial charge in [-0.2, -0.15) is 0 Å². The Morgan fingerprint density at radius 1 is 0.892 bits per heavy atom. The van der Waals surface area contributed by atoms with Crippen LogP contribution in [-0.2, 0) is 22.5 Å². The van der Waals surface area contributed by atoms with Gasteiger partial charge in [0.1, 0.15) is 22.8 Å². The number of carbonyl (C=O) groups is 1. The van der Waals surface area contributed by atoms with Gasteiger partial charge in [0.15, 0.2) is 0 Å². The summed E-state index contributed by atoms with van der Waals surface area (Å²) in [5.41, 5.74) is 14.1. The molecule has 0 saturated carbocycles. The molecule has 2 bridgehead atoms. The number of hydrogen-bond acceptors (Lipinski definition) is 4. The molecule has 4 aromatic rings. The molecule has 2 aliphatic rings. The molecule has 3 aromatic carbocycles. The van der Waals surface area contributed by atoms with Crippen molar-refractivity contribution in [1.82, 2.24) is 10.3 Å². The molecule has 186 valence electrons. The number of halogens is 1. The van der Waals surface area contributed by atoms with E-state index in [1.807, 2.05) is 44.2 Å². The topological polar surface area (TPSA) is 77.2 Å². The highest BCUT2D eigenvalue weighted by atomic mass is 19.1. The summed E-state index contributed by atoms with van der Waals surface area (Å²) in [7, 11) is 0. The third-order valence-electron chi connectivity index (χ3n) is 7.94. The van der Waals surface area contributed by atoms with Crippen LogP contribution in [0.25, 0.3) is 11.1 Å². The number of nitrogen functional groups attached to an aromatic ring is 1. The van der Waals surface area contributed by atoms with E-state index in [1.165, 1.54) is 12.1 Å². The van der Waals surface area contributed by atoms with E-state index < -0.39 is 11.2 Å². The predicted molar refractivity (Wildman–Crippen MR) is 142 cm³/mol. The Labute approximate surface area is 215 Å². The van der Waals surface area contributed by atoms with Gasteiger partial charge in [-0.15, -0.1) is 0 Å². The van der Waals surface area contributed by atoms with E-state index in [0.29, 0.717) is 17.9 Å². The van der Waals surface area contributed by atoms with Crippen LogP contribution in [0.4, 0.5) is 10.2 Å². The highest BCUT2D eigenvalue weighted by molar-refractivity contribution is 5.95. The van der Waals surface area contributed by atoms with Gasteiger partial charge in [0, 0.05) is 17.8 Å². The first-order valence-electron chi connectivity index (χ1n) is 12.4. The molecular weight excluding hydrogens is 465 g/mol. The van der Waals surface area contributed by atoms with Crippen LogP contribution >= 0.6 is 0 Å². The monoisotopic (exact) mass is 493 g/mol. The van der Waals surface area contributed by atoms with Crippen LogP contribution in [-0.4, -0.2) is 10.9 Å². The van der Waals surface area contributed by atoms with Crippen molar-refractivity contribution >= 4 is 11.7 Å². The van der Waals surface area contributed by atoms with Crippen molar-refractivity contribution in [3.8, 4) is 11.1 Å². The largest absolute Gasteiger partial charge is 0.384 e. The van der Waals surface area contributed by atoms with Gasteiger partial charge in [0.2, 0.25) is 0 Å². The molecule has 3 N–H and O–H groups in total. The summed E-state index contributed by atoms with van der Waals surface area (Å²) in [4.78, 5) is 17.5. The summed E-state index contributed by atoms with van der Waals surface area (Å²) in [5, 5.41) is 3.04. The molecule has 5 nitrogen and oxygen atoms in total. The van der Waals surface area contributed by atoms with Crippen molar-refractivity contribution < 1.29 is 13.9 Å². The van der Waals surface area contributed by atoms with Crippen molar-refractivity contribution in [3.05, 3.63) is 117 Å². The number of aromatic nitrogens is 1. The first kappa shape index (κ1) is 23.4. The average molecular weight is 494 g/mol. The number of rotatable bonds is 4. The fourth-order valence-corrected chi connectivity index (χ4v) is 6.02. The summed E-state index contributed by atoms with van der Waals surface area (Å²) in [6.45, 7) is 8.39. The van der Waals surface area contributed by atoms with Crippen molar-refractivity contribution in [3.63, 3.8) is 0 Å². The van der Waals surface area contributed by atoms with E-state index in [-0.39, 0.29) is 11.7 Å². The zero-order valence-electron chi connectivity index (χ0n) is 21.3. The third-order valence-corrected chi connectivity index (χ3v) is 7.94. The van der Waals surface area contributed by atoms with E-state index in [0.717, 1.165) is 50.2 Å². The number of hydrogen-bond donors (Lipinski definition) is 2. The van der Waals surface area contributed by atoms with Gasteiger partial charge in [-0.1, -0.05) is 30.3 Å². The van der Waals surface area contributed by atoms with Crippen LogP contribution in [0.5, 0.6) is 0 Å². The van der Waals surface area contributed by atoms with E-state index in [1.54, 1.807) is 12.1 Å². The molecule has 0 aliphatic carbocycles. The highest BCUT2D eigenvalue weighted by Crippen LogP contribution is 2.61. The summed E-state index contributed by atoms with van der Waals surface area (Å²) >= 11 is 0. The van der Waals surface area contributed by atoms with Gasteiger partial charge < -0.3 is 15.8 Å². The van der Waals surface area contributed by atoms with E-state index in [4.69, 9.17) is 10.5 Å². The Morgan fingerprint density at radius 2 is 1.51 bits per heavy atom. The first-order chi connectivity index (χ1) is 17.6. The van der Waals surface area contributed by atoms with Crippen LogP contribution in [0.15, 0.2) is 66.7 Å². The molecule has 1 amide bonds. The van der Waals surface area contributed by atoms with Crippen LogP contribution in [0, 0.1) is 19.7 Å². The number of nitrogens with two attached hydrogens (primary N) is 1. The number of aryl methyl sites for hydroxylation is 2. The fourth-order valence-electron chi connectivity index (χ4n) is 6.02. The van der Waals surface area contributed by atoms with Gasteiger partial charge >= 0.3 is 0 Å². The summed E-state index contributed by atoms with van der Waals surface area (Å²) < 4.78 is 20.1. The SMILES string of the molecule is Cc1cc(N)nc(C)c1CNC(=O)c1ccc2c(c1)C1(C)OC2(C)c2cc(-c3ccc(F)cc3)ccc21. The minimum Gasteiger partial charge on any atom is -0.384 e. The molecule has 2 unspecified atom stereocenters. The smallest absolute Gasteiger partial charge is 0.251 e. The minimum atomic E-state index is -0.662. The zero-order chi connectivity index (χ0) is 26.1. The Hall–Kier alpha value is -4.03. The number of fused-ring (bicyclic) bond motifs is 8. The quantitative estimate of drug-likeness (QED) is 0.372. The average Bonchev–Trinajstić information content (AvgIpc) is 3.25. The second-order valence-corrected chi connectivity index (χ2v) is 10.3. The Morgan fingerprint density at radius 3 is 2.19 bits per heavy atom. The van der Waals surface area contributed by atoms with Gasteiger partial charge in [-0.05, 0) is 109 Å². The van der Waals surface area contributed by atoms with Crippen molar-refractivity contribution in [2.75, 3.05) is 5.73 Å². The molecule has 6 rings (SSSR count). The van der Waals surface area contributed by atoms with E-state index in [9.17, 15) is 9.18 Å². The van der Waals surface area contributed by atoms with Gasteiger partial charge in [0.05, 0.1) is 0 Å². The maximum absolute atomic E-state index is 13.4. The van der Waals surface area contributed by atoms with Gasteiger partial charge in [0.25, 0.3) is 5.91 Å². The third kappa shape index (κ3) is 3.47. The van der Waals surface area contributed by atoms with Crippen LogP contribution in [0.2, 0.25) is 0 Å². The lowest BCUT2D eigenvalue weighted by Gasteiger charge is -2.27. The second-order valence-electron chi connectivity index (χ2n) is 10.3. The number of anilines is 1. The molecule has 2 aliphatic heterocycles. The van der Waals surface area contributed by atoms with Crippen LogP contribution in [0.3, 0.4) is 0 Å². The number of nitrogens with one attached hydrogen (secondary N) is 1. The lowest BCUT2D eigenvalue weighted by molar-refractivity contribution is -0.0515. The number of pyridine rings is 1.